The molecular formula is C15H19NO. The van der Waals surface area contributed by atoms with E-state index in [9.17, 15) is 4.79 Å². The predicted octanol–water partition coefficient (Wildman–Crippen LogP) is 3.17. The molecule has 1 N–H and O–H groups in total. The first kappa shape index (κ1) is 13.2. The largest absolute Gasteiger partial charge is 0.386 e. The molecule has 0 fully saturated rings. The van der Waals surface area contributed by atoms with Crippen LogP contribution in [-0.4, -0.2) is 11.8 Å². The monoisotopic (exact) mass is 229 g/mol. The molecule has 17 heavy (non-hydrogen) atoms. The highest BCUT2D eigenvalue weighted by molar-refractivity contribution is 6.02. The molecule has 1 rings (SSSR count). The summed E-state index contributed by atoms with van der Waals surface area (Å²) in [6.07, 6.45) is 5.02. The Morgan fingerprint density at radius 1 is 1.24 bits per heavy atom. The molecule has 1 aromatic carbocycles. The summed E-state index contributed by atoms with van der Waals surface area (Å²) in [6.45, 7) is 5.98. The van der Waals surface area contributed by atoms with Crippen LogP contribution in [0, 0.1) is 0 Å². The van der Waals surface area contributed by atoms with Crippen molar-refractivity contribution in [1.82, 2.24) is 5.32 Å². The zero-order valence-corrected chi connectivity index (χ0v) is 10.6. The Bertz CT molecular complexity index is 416. The number of nitrogens with one attached hydrogen (secondary N) is 1. The Hall–Kier alpha value is -1.83. The lowest BCUT2D eigenvalue weighted by atomic mass is 10.2. The van der Waals surface area contributed by atoms with E-state index in [1.165, 1.54) is 0 Å². The maximum Gasteiger partial charge on any atom is 0.180 e. The van der Waals surface area contributed by atoms with Crippen molar-refractivity contribution in [3.63, 3.8) is 0 Å². The van der Waals surface area contributed by atoms with Crippen molar-refractivity contribution in [3.8, 4) is 0 Å². The molecule has 90 valence electrons. The van der Waals surface area contributed by atoms with E-state index in [4.69, 9.17) is 0 Å². The van der Waals surface area contributed by atoms with Crippen molar-refractivity contribution in [2.24, 2.45) is 0 Å². The molecule has 0 saturated heterocycles. The van der Waals surface area contributed by atoms with Gasteiger partial charge in [-0.2, -0.15) is 0 Å². The molecule has 2 heteroatoms. The fourth-order valence-corrected chi connectivity index (χ4v) is 1.50. The fourth-order valence-electron chi connectivity index (χ4n) is 1.50. The highest BCUT2D eigenvalue weighted by Gasteiger charge is 1.96. The van der Waals surface area contributed by atoms with Crippen LogP contribution >= 0.6 is 0 Å². The topological polar surface area (TPSA) is 29.1 Å². The molecule has 0 atom stereocenters. The molecule has 1 aromatic rings. The van der Waals surface area contributed by atoms with Crippen molar-refractivity contribution < 1.29 is 4.79 Å². The van der Waals surface area contributed by atoms with Crippen LogP contribution in [0.4, 0.5) is 0 Å². The van der Waals surface area contributed by atoms with E-state index in [1.54, 1.807) is 12.2 Å². The molecule has 0 aliphatic carbocycles. The number of carbonyl (C=O) groups excluding carboxylic acids is 1. The number of rotatable bonds is 5. The van der Waals surface area contributed by atoms with Gasteiger partial charge in [0, 0.05) is 17.8 Å². The van der Waals surface area contributed by atoms with Crippen LogP contribution in [-0.2, 0) is 4.79 Å². The van der Waals surface area contributed by atoms with Crippen LogP contribution in [0.15, 0.2) is 48.2 Å². The standard InChI is InChI=1S/C15H19NO/c1-12(2)16-13(3)11-15(17)10-9-14-7-5-4-6-8-14/h4-12,16H,1-3H3/b10-9+,13-11-. The summed E-state index contributed by atoms with van der Waals surface area (Å²) in [7, 11) is 0. The minimum atomic E-state index is -0.000460. The van der Waals surface area contributed by atoms with Gasteiger partial charge in [-0.3, -0.25) is 4.79 Å². The minimum absolute atomic E-state index is 0.000460. The Balaban J connectivity index is 2.58. The normalized spacial score (nSPS) is 12.1. The number of carbonyl (C=O) groups is 1. The summed E-state index contributed by atoms with van der Waals surface area (Å²) in [4.78, 5) is 11.6. The third-order valence-electron chi connectivity index (χ3n) is 2.11. The van der Waals surface area contributed by atoms with Crippen LogP contribution in [0.3, 0.4) is 0 Å². The molecular weight excluding hydrogens is 210 g/mol. The highest BCUT2D eigenvalue weighted by atomic mass is 16.1. The summed E-state index contributed by atoms with van der Waals surface area (Å²) in [6, 6.07) is 10.1. The fraction of sp³-hybridized carbons (Fsp3) is 0.267. The average Bonchev–Trinajstić information content (AvgIpc) is 2.26. The van der Waals surface area contributed by atoms with Crippen LogP contribution in [0.2, 0.25) is 0 Å². The molecule has 0 aliphatic rings. The van der Waals surface area contributed by atoms with Crippen molar-refractivity contribution in [2.75, 3.05) is 0 Å². The molecule has 0 saturated carbocycles. The van der Waals surface area contributed by atoms with E-state index in [0.717, 1.165) is 11.3 Å². The van der Waals surface area contributed by atoms with E-state index in [2.05, 4.69) is 5.32 Å². The minimum Gasteiger partial charge on any atom is -0.386 e. The lowest BCUT2D eigenvalue weighted by molar-refractivity contribution is -0.110. The summed E-state index contributed by atoms with van der Waals surface area (Å²) >= 11 is 0. The third kappa shape index (κ3) is 5.71. The van der Waals surface area contributed by atoms with E-state index < -0.39 is 0 Å². The maximum atomic E-state index is 11.6. The first-order chi connectivity index (χ1) is 8.08. The lowest BCUT2D eigenvalue weighted by Gasteiger charge is -2.08. The van der Waals surface area contributed by atoms with Gasteiger partial charge < -0.3 is 5.32 Å². The van der Waals surface area contributed by atoms with E-state index in [0.29, 0.717) is 6.04 Å². The molecule has 0 heterocycles. The quantitative estimate of drug-likeness (QED) is 0.786. The second-order valence-electron chi connectivity index (χ2n) is 4.27. The third-order valence-corrected chi connectivity index (χ3v) is 2.11. The van der Waals surface area contributed by atoms with Gasteiger partial charge in [-0.05, 0) is 32.4 Å². The van der Waals surface area contributed by atoms with Crippen LogP contribution in [0.25, 0.3) is 6.08 Å². The predicted molar refractivity (Wildman–Crippen MR) is 72.5 cm³/mol. The molecule has 0 unspecified atom stereocenters. The SMILES string of the molecule is C/C(=C/C(=O)/C=C/c1ccccc1)NC(C)C. The van der Waals surface area contributed by atoms with Gasteiger partial charge >= 0.3 is 0 Å². The zero-order valence-electron chi connectivity index (χ0n) is 10.6. The second-order valence-corrected chi connectivity index (χ2v) is 4.27. The van der Waals surface area contributed by atoms with Gasteiger partial charge in [0.05, 0.1) is 0 Å². The molecule has 0 amide bonds. The first-order valence-corrected chi connectivity index (χ1v) is 5.80. The highest BCUT2D eigenvalue weighted by Crippen LogP contribution is 2.01. The van der Waals surface area contributed by atoms with Gasteiger partial charge in [0.1, 0.15) is 0 Å². The summed E-state index contributed by atoms with van der Waals surface area (Å²) < 4.78 is 0. The van der Waals surface area contributed by atoms with Gasteiger partial charge in [-0.25, -0.2) is 0 Å². The van der Waals surface area contributed by atoms with Crippen LogP contribution in [0.5, 0.6) is 0 Å². The average molecular weight is 229 g/mol. The van der Waals surface area contributed by atoms with Gasteiger partial charge in [-0.15, -0.1) is 0 Å². The van der Waals surface area contributed by atoms with Gasteiger partial charge in [0.2, 0.25) is 0 Å². The molecule has 0 aromatic heterocycles. The Morgan fingerprint density at radius 2 is 1.88 bits per heavy atom. The van der Waals surface area contributed by atoms with Crippen molar-refractivity contribution >= 4 is 11.9 Å². The number of allylic oxidation sites excluding steroid dienone is 3. The number of benzene rings is 1. The zero-order chi connectivity index (χ0) is 12.7. The van der Waals surface area contributed by atoms with E-state index in [1.807, 2.05) is 57.2 Å². The maximum absolute atomic E-state index is 11.6. The molecule has 2 nitrogen and oxygen atoms in total. The first-order valence-electron chi connectivity index (χ1n) is 5.80. The smallest absolute Gasteiger partial charge is 0.180 e. The van der Waals surface area contributed by atoms with Crippen molar-refractivity contribution in [3.05, 3.63) is 53.7 Å². The number of hydrogen-bond acceptors (Lipinski definition) is 2. The Kier molecular flexibility index (Phi) is 5.21. The molecule has 0 aliphatic heterocycles. The summed E-state index contributed by atoms with van der Waals surface area (Å²) in [5, 5.41) is 3.18. The van der Waals surface area contributed by atoms with Gasteiger partial charge in [0.25, 0.3) is 0 Å². The van der Waals surface area contributed by atoms with Crippen molar-refractivity contribution in [2.45, 2.75) is 26.8 Å². The lowest BCUT2D eigenvalue weighted by Crippen LogP contribution is -2.20. The molecule has 0 spiro atoms. The Labute approximate surface area is 103 Å². The van der Waals surface area contributed by atoms with Gasteiger partial charge in [-0.1, -0.05) is 36.4 Å². The molecule has 0 radical (unpaired) electrons. The number of ketones is 1. The van der Waals surface area contributed by atoms with Gasteiger partial charge in [0.15, 0.2) is 5.78 Å². The molecule has 0 bridgehead atoms. The van der Waals surface area contributed by atoms with E-state index >= 15 is 0 Å². The summed E-state index contributed by atoms with van der Waals surface area (Å²) in [5.41, 5.74) is 1.92. The summed E-state index contributed by atoms with van der Waals surface area (Å²) in [5.74, 6) is -0.000460. The second kappa shape index (κ2) is 6.69. The van der Waals surface area contributed by atoms with E-state index in [-0.39, 0.29) is 5.78 Å². The van der Waals surface area contributed by atoms with Crippen LogP contribution in [0.1, 0.15) is 26.3 Å². The Morgan fingerprint density at radius 3 is 2.47 bits per heavy atom. The van der Waals surface area contributed by atoms with Crippen molar-refractivity contribution in [1.29, 1.82) is 0 Å². The number of hydrogen-bond donors (Lipinski definition) is 1. The van der Waals surface area contributed by atoms with Crippen LogP contribution < -0.4 is 5.32 Å².